The number of halogens is 1. The van der Waals surface area contributed by atoms with Gasteiger partial charge < -0.3 is 10.4 Å². The molecule has 0 aromatic heterocycles. The Bertz CT molecular complexity index is 638. The van der Waals surface area contributed by atoms with Crippen LogP contribution in [0.4, 0.5) is 5.69 Å². The van der Waals surface area contributed by atoms with Crippen molar-refractivity contribution < 1.29 is 9.90 Å². The van der Waals surface area contributed by atoms with Crippen molar-refractivity contribution in [1.29, 1.82) is 0 Å². The summed E-state index contributed by atoms with van der Waals surface area (Å²) < 4.78 is 0.822. The van der Waals surface area contributed by atoms with Gasteiger partial charge in [0.2, 0.25) is 0 Å². The highest BCUT2D eigenvalue weighted by Gasteiger charge is 2.10. The Morgan fingerprint density at radius 1 is 1.16 bits per heavy atom. The van der Waals surface area contributed by atoms with E-state index in [1.165, 1.54) is 6.07 Å². The monoisotopic (exact) mass is 319 g/mol. The van der Waals surface area contributed by atoms with E-state index in [4.69, 9.17) is 0 Å². The van der Waals surface area contributed by atoms with Gasteiger partial charge in [0.05, 0.1) is 5.69 Å². The zero-order chi connectivity index (χ0) is 14.0. The SMILES string of the molecule is Cc1ccc(Br)c(NC(=O)c2ccc(C)c(O)c2)c1. The van der Waals surface area contributed by atoms with E-state index in [1.54, 1.807) is 19.1 Å². The van der Waals surface area contributed by atoms with Gasteiger partial charge in [-0.15, -0.1) is 0 Å². The number of aromatic hydroxyl groups is 1. The number of aryl methyl sites for hydroxylation is 2. The summed E-state index contributed by atoms with van der Waals surface area (Å²) in [7, 11) is 0. The molecule has 98 valence electrons. The predicted octanol–water partition coefficient (Wildman–Crippen LogP) is 4.02. The normalized spacial score (nSPS) is 10.3. The summed E-state index contributed by atoms with van der Waals surface area (Å²) in [6.45, 7) is 3.74. The van der Waals surface area contributed by atoms with Gasteiger partial charge in [-0.2, -0.15) is 0 Å². The van der Waals surface area contributed by atoms with Gasteiger partial charge in [-0.1, -0.05) is 12.1 Å². The first-order valence-electron chi connectivity index (χ1n) is 5.84. The standard InChI is InChI=1S/C15H14BrNO2/c1-9-3-6-12(16)13(7-9)17-15(19)11-5-4-10(2)14(18)8-11/h3-8,18H,1-2H3,(H,17,19). The van der Waals surface area contributed by atoms with Crippen LogP contribution in [0.15, 0.2) is 40.9 Å². The highest BCUT2D eigenvalue weighted by atomic mass is 79.9. The average Bonchev–Trinajstić information content (AvgIpc) is 2.37. The van der Waals surface area contributed by atoms with E-state index < -0.39 is 0 Å². The van der Waals surface area contributed by atoms with Crippen molar-refractivity contribution in [3.8, 4) is 5.75 Å². The molecular weight excluding hydrogens is 306 g/mol. The number of carbonyl (C=O) groups excluding carboxylic acids is 1. The van der Waals surface area contributed by atoms with Crippen molar-refractivity contribution in [2.45, 2.75) is 13.8 Å². The second-order valence-electron chi connectivity index (χ2n) is 4.44. The van der Waals surface area contributed by atoms with Gasteiger partial charge in [-0.25, -0.2) is 0 Å². The summed E-state index contributed by atoms with van der Waals surface area (Å²) >= 11 is 3.39. The maximum Gasteiger partial charge on any atom is 0.255 e. The summed E-state index contributed by atoms with van der Waals surface area (Å²) in [5.74, 6) is -0.127. The molecule has 0 saturated heterocycles. The van der Waals surface area contributed by atoms with Crippen LogP contribution in [0.25, 0.3) is 0 Å². The van der Waals surface area contributed by atoms with E-state index in [-0.39, 0.29) is 11.7 Å². The summed E-state index contributed by atoms with van der Waals surface area (Å²) in [4.78, 5) is 12.1. The van der Waals surface area contributed by atoms with Crippen LogP contribution in [-0.4, -0.2) is 11.0 Å². The molecule has 0 aliphatic heterocycles. The lowest BCUT2D eigenvalue weighted by molar-refractivity contribution is 0.102. The fourth-order valence-electron chi connectivity index (χ4n) is 1.68. The third-order valence-electron chi connectivity index (χ3n) is 2.84. The summed E-state index contributed by atoms with van der Waals surface area (Å²) in [5.41, 5.74) is 2.94. The van der Waals surface area contributed by atoms with Gasteiger partial charge in [-0.3, -0.25) is 4.79 Å². The molecule has 19 heavy (non-hydrogen) atoms. The number of anilines is 1. The minimum absolute atomic E-state index is 0.121. The van der Waals surface area contributed by atoms with Crippen LogP contribution in [0.3, 0.4) is 0 Å². The van der Waals surface area contributed by atoms with E-state index >= 15 is 0 Å². The number of phenolic OH excluding ortho intramolecular Hbond substituents is 1. The first-order chi connectivity index (χ1) is 8.97. The fourth-order valence-corrected chi connectivity index (χ4v) is 2.03. The van der Waals surface area contributed by atoms with Crippen LogP contribution < -0.4 is 5.32 Å². The number of benzene rings is 2. The Kier molecular flexibility index (Phi) is 3.90. The van der Waals surface area contributed by atoms with Crippen LogP contribution in [0.1, 0.15) is 21.5 Å². The molecule has 0 spiro atoms. The Balaban J connectivity index is 2.25. The first kappa shape index (κ1) is 13.6. The highest BCUT2D eigenvalue weighted by molar-refractivity contribution is 9.10. The second kappa shape index (κ2) is 5.45. The third kappa shape index (κ3) is 3.15. The van der Waals surface area contributed by atoms with Crippen molar-refractivity contribution >= 4 is 27.5 Å². The number of hydrogen-bond acceptors (Lipinski definition) is 2. The van der Waals surface area contributed by atoms with Crippen LogP contribution in [0.2, 0.25) is 0 Å². The van der Waals surface area contributed by atoms with Gasteiger partial charge in [0.15, 0.2) is 0 Å². The molecule has 2 rings (SSSR count). The molecule has 2 aromatic rings. The minimum Gasteiger partial charge on any atom is -0.508 e. The highest BCUT2D eigenvalue weighted by Crippen LogP contribution is 2.24. The minimum atomic E-state index is -0.249. The van der Waals surface area contributed by atoms with Crippen molar-refractivity contribution in [3.63, 3.8) is 0 Å². The van der Waals surface area contributed by atoms with Crippen LogP contribution in [0, 0.1) is 13.8 Å². The Morgan fingerprint density at radius 3 is 2.58 bits per heavy atom. The lowest BCUT2D eigenvalue weighted by Gasteiger charge is -2.09. The Labute approximate surface area is 120 Å². The molecule has 0 heterocycles. The molecule has 2 aromatic carbocycles. The van der Waals surface area contributed by atoms with Gasteiger partial charge >= 0.3 is 0 Å². The number of nitrogens with one attached hydrogen (secondary N) is 1. The molecule has 1 amide bonds. The number of rotatable bonds is 2. The third-order valence-corrected chi connectivity index (χ3v) is 3.53. The summed E-state index contributed by atoms with van der Waals surface area (Å²) in [6, 6.07) is 10.6. The number of hydrogen-bond donors (Lipinski definition) is 2. The molecule has 0 aliphatic carbocycles. The molecule has 0 atom stereocenters. The van der Waals surface area contributed by atoms with Crippen molar-refractivity contribution in [2.75, 3.05) is 5.32 Å². The van der Waals surface area contributed by atoms with Crippen molar-refractivity contribution in [1.82, 2.24) is 0 Å². The summed E-state index contributed by atoms with van der Waals surface area (Å²) in [6.07, 6.45) is 0. The molecule has 3 nitrogen and oxygen atoms in total. The van der Waals surface area contributed by atoms with E-state index in [9.17, 15) is 9.90 Å². The zero-order valence-corrected chi connectivity index (χ0v) is 12.3. The fraction of sp³-hybridized carbons (Fsp3) is 0.133. The molecule has 4 heteroatoms. The molecule has 0 unspecified atom stereocenters. The quantitative estimate of drug-likeness (QED) is 0.878. The second-order valence-corrected chi connectivity index (χ2v) is 5.29. The lowest BCUT2D eigenvalue weighted by Crippen LogP contribution is -2.12. The van der Waals surface area contributed by atoms with Gasteiger partial charge in [0.1, 0.15) is 5.75 Å². The number of amides is 1. The zero-order valence-electron chi connectivity index (χ0n) is 10.7. The first-order valence-corrected chi connectivity index (χ1v) is 6.64. The Morgan fingerprint density at radius 2 is 1.89 bits per heavy atom. The van der Waals surface area contributed by atoms with Gasteiger partial charge in [-0.05, 0) is 65.2 Å². The largest absolute Gasteiger partial charge is 0.508 e. The van der Waals surface area contributed by atoms with Crippen molar-refractivity contribution in [3.05, 3.63) is 57.6 Å². The van der Waals surface area contributed by atoms with Crippen LogP contribution >= 0.6 is 15.9 Å². The van der Waals surface area contributed by atoms with E-state index in [0.29, 0.717) is 11.3 Å². The molecule has 0 aliphatic rings. The molecule has 0 fully saturated rings. The average molecular weight is 320 g/mol. The van der Waals surface area contributed by atoms with Crippen LogP contribution in [-0.2, 0) is 0 Å². The molecular formula is C15H14BrNO2. The molecule has 0 bridgehead atoms. The summed E-state index contributed by atoms with van der Waals surface area (Å²) in [5, 5.41) is 12.4. The van der Waals surface area contributed by atoms with E-state index in [1.807, 2.05) is 25.1 Å². The lowest BCUT2D eigenvalue weighted by atomic mass is 10.1. The maximum absolute atomic E-state index is 12.1. The molecule has 2 N–H and O–H groups in total. The Hall–Kier alpha value is -1.81. The van der Waals surface area contributed by atoms with Crippen molar-refractivity contribution in [2.24, 2.45) is 0 Å². The number of phenols is 1. The molecule has 0 radical (unpaired) electrons. The number of carbonyl (C=O) groups is 1. The van der Waals surface area contributed by atoms with Gasteiger partial charge in [0, 0.05) is 10.0 Å². The smallest absolute Gasteiger partial charge is 0.255 e. The topological polar surface area (TPSA) is 49.3 Å². The van der Waals surface area contributed by atoms with E-state index in [2.05, 4.69) is 21.2 Å². The van der Waals surface area contributed by atoms with Gasteiger partial charge in [0.25, 0.3) is 5.91 Å². The molecule has 0 saturated carbocycles. The van der Waals surface area contributed by atoms with Crippen LogP contribution in [0.5, 0.6) is 5.75 Å². The predicted molar refractivity (Wildman–Crippen MR) is 79.7 cm³/mol. The maximum atomic E-state index is 12.1. The van der Waals surface area contributed by atoms with E-state index in [0.717, 1.165) is 15.6 Å².